The van der Waals surface area contributed by atoms with E-state index in [0.29, 0.717) is 12.2 Å². The molecule has 5 heteroatoms. The van der Waals surface area contributed by atoms with Crippen LogP contribution in [0.3, 0.4) is 0 Å². The molecule has 0 radical (unpaired) electrons. The molecule has 0 aliphatic rings. The maximum atomic E-state index is 11.7. The van der Waals surface area contributed by atoms with E-state index in [1.165, 1.54) is 11.8 Å². The van der Waals surface area contributed by atoms with Gasteiger partial charge in [-0.15, -0.1) is 11.3 Å². The molecule has 0 saturated carbocycles. The molecule has 0 aliphatic carbocycles. The van der Waals surface area contributed by atoms with E-state index < -0.39 is 0 Å². The van der Waals surface area contributed by atoms with Gasteiger partial charge in [0.1, 0.15) is 0 Å². The lowest BCUT2D eigenvalue weighted by molar-refractivity contribution is 0.0522. The minimum absolute atomic E-state index is 0.278. The Balaban J connectivity index is 2.24. The number of benzene rings is 1. The van der Waals surface area contributed by atoms with Gasteiger partial charge in [0.15, 0.2) is 0 Å². The summed E-state index contributed by atoms with van der Waals surface area (Å²) in [7, 11) is 0. The molecule has 0 N–H and O–H groups in total. The topological polar surface area (TPSA) is 39.2 Å². The average Bonchev–Trinajstić information content (AvgIpc) is 2.83. The number of hydrogen-bond acceptors (Lipinski definition) is 5. The van der Waals surface area contributed by atoms with Crippen LogP contribution in [-0.4, -0.2) is 17.6 Å². The van der Waals surface area contributed by atoms with Crippen molar-refractivity contribution in [2.24, 2.45) is 0 Å². The van der Waals surface area contributed by atoms with Gasteiger partial charge in [0.25, 0.3) is 0 Å². The van der Waals surface area contributed by atoms with Crippen molar-refractivity contribution < 1.29 is 9.53 Å². The number of aromatic nitrogens is 1. The zero-order valence-corrected chi connectivity index (χ0v) is 10.9. The molecule has 2 aromatic rings. The molecule has 0 fully saturated rings. The molecule has 0 amide bonds. The first-order chi connectivity index (χ1) is 8.31. The van der Waals surface area contributed by atoms with E-state index in [1.54, 1.807) is 36.0 Å². The number of rotatable bonds is 4. The summed E-state index contributed by atoms with van der Waals surface area (Å²) in [4.78, 5) is 16.7. The molecular formula is C12H11NO2S2. The van der Waals surface area contributed by atoms with Crippen LogP contribution in [0.4, 0.5) is 0 Å². The summed E-state index contributed by atoms with van der Waals surface area (Å²) in [5.41, 5.74) is 2.38. The van der Waals surface area contributed by atoms with Gasteiger partial charge in [-0.1, -0.05) is 23.9 Å². The second-order valence-corrected chi connectivity index (χ2v) is 5.37. The van der Waals surface area contributed by atoms with Crippen LogP contribution in [0.25, 0.3) is 0 Å². The Labute approximate surface area is 108 Å². The Bertz CT molecular complexity index is 497. The second-order valence-electron chi connectivity index (χ2n) is 3.14. The SMILES string of the molecule is CCOC(=O)c1ccccc1Sc1cncs1. The van der Waals surface area contributed by atoms with Crippen LogP contribution >= 0.6 is 23.1 Å². The van der Waals surface area contributed by atoms with E-state index in [4.69, 9.17) is 4.74 Å². The van der Waals surface area contributed by atoms with E-state index in [1.807, 2.05) is 18.2 Å². The van der Waals surface area contributed by atoms with Crippen LogP contribution in [-0.2, 0) is 4.74 Å². The summed E-state index contributed by atoms with van der Waals surface area (Å²) in [6.45, 7) is 2.19. The Morgan fingerprint density at radius 3 is 3.00 bits per heavy atom. The Hall–Kier alpha value is -1.33. The van der Waals surface area contributed by atoms with Gasteiger partial charge in [0.05, 0.1) is 28.1 Å². The Morgan fingerprint density at radius 2 is 2.29 bits per heavy atom. The lowest BCUT2D eigenvalue weighted by Gasteiger charge is -2.06. The fourth-order valence-electron chi connectivity index (χ4n) is 1.30. The predicted molar refractivity (Wildman–Crippen MR) is 68.6 cm³/mol. The normalized spacial score (nSPS) is 10.2. The molecule has 0 aliphatic heterocycles. The molecule has 3 nitrogen and oxygen atoms in total. The highest BCUT2D eigenvalue weighted by atomic mass is 32.2. The molecule has 0 saturated heterocycles. The van der Waals surface area contributed by atoms with Gasteiger partial charge in [-0.25, -0.2) is 4.79 Å². The van der Waals surface area contributed by atoms with Crippen molar-refractivity contribution in [2.45, 2.75) is 16.0 Å². The summed E-state index contributed by atoms with van der Waals surface area (Å²) in [6, 6.07) is 7.44. The summed E-state index contributed by atoms with van der Waals surface area (Å²) >= 11 is 3.08. The predicted octanol–water partition coefficient (Wildman–Crippen LogP) is 3.47. The number of hydrogen-bond donors (Lipinski definition) is 0. The lowest BCUT2D eigenvalue weighted by atomic mass is 10.2. The molecule has 1 aromatic heterocycles. The quantitative estimate of drug-likeness (QED) is 0.793. The highest BCUT2D eigenvalue weighted by Gasteiger charge is 2.12. The summed E-state index contributed by atoms with van der Waals surface area (Å²) in [6.07, 6.45) is 1.79. The molecule has 0 spiro atoms. The van der Waals surface area contributed by atoms with Gasteiger partial charge in [0, 0.05) is 4.90 Å². The van der Waals surface area contributed by atoms with Gasteiger partial charge in [-0.05, 0) is 19.1 Å². The Morgan fingerprint density at radius 1 is 1.47 bits per heavy atom. The molecule has 1 heterocycles. The van der Waals surface area contributed by atoms with E-state index in [2.05, 4.69) is 4.98 Å². The molecule has 0 atom stereocenters. The highest BCUT2D eigenvalue weighted by Crippen LogP contribution is 2.32. The van der Waals surface area contributed by atoms with Crippen LogP contribution in [0.15, 0.2) is 45.1 Å². The Kier molecular flexibility index (Phi) is 4.17. The first-order valence-corrected chi connectivity index (χ1v) is 6.83. The zero-order chi connectivity index (χ0) is 12.1. The molecule has 88 valence electrons. The largest absolute Gasteiger partial charge is 0.462 e. The molecule has 1 aromatic carbocycles. The van der Waals surface area contributed by atoms with Crippen molar-refractivity contribution in [3.63, 3.8) is 0 Å². The highest BCUT2D eigenvalue weighted by molar-refractivity contribution is 8.01. The molecular weight excluding hydrogens is 254 g/mol. The fourth-order valence-corrected chi connectivity index (χ4v) is 2.97. The first-order valence-electron chi connectivity index (χ1n) is 5.13. The first kappa shape index (κ1) is 12.1. The maximum Gasteiger partial charge on any atom is 0.339 e. The summed E-state index contributed by atoms with van der Waals surface area (Å²) < 4.78 is 6.08. The van der Waals surface area contributed by atoms with Crippen LogP contribution in [0, 0.1) is 0 Å². The number of esters is 1. The van der Waals surface area contributed by atoms with Crippen molar-refractivity contribution in [3.05, 3.63) is 41.5 Å². The molecule has 2 rings (SSSR count). The fraction of sp³-hybridized carbons (Fsp3) is 0.167. The van der Waals surface area contributed by atoms with Gasteiger partial charge in [-0.2, -0.15) is 0 Å². The third kappa shape index (κ3) is 3.08. The number of carbonyl (C=O) groups excluding carboxylic acids is 1. The van der Waals surface area contributed by atoms with E-state index in [-0.39, 0.29) is 5.97 Å². The number of nitrogens with zero attached hydrogens (tertiary/aromatic N) is 1. The lowest BCUT2D eigenvalue weighted by Crippen LogP contribution is -2.05. The second kappa shape index (κ2) is 5.84. The van der Waals surface area contributed by atoms with Crippen molar-refractivity contribution in [3.8, 4) is 0 Å². The smallest absolute Gasteiger partial charge is 0.339 e. The third-order valence-electron chi connectivity index (χ3n) is 2.00. The summed E-state index contributed by atoms with van der Waals surface area (Å²) in [5.74, 6) is -0.278. The van der Waals surface area contributed by atoms with Gasteiger partial charge < -0.3 is 4.74 Å². The van der Waals surface area contributed by atoms with Crippen molar-refractivity contribution >= 4 is 29.1 Å². The zero-order valence-electron chi connectivity index (χ0n) is 9.25. The molecule has 0 bridgehead atoms. The number of ether oxygens (including phenoxy) is 1. The van der Waals surface area contributed by atoms with Crippen LogP contribution in [0.5, 0.6) is 0 Å². The third-order valence-corrected chi connectivity index (χ3v) is 3.99. The van der Waals surface area contributed by atoms with Crippen LogP contribution < -0.4 is 0 Å². The minimum atomic E-state index is -0.278. The van der Waals surface area contributed by atoms with Crippen molar-refractivity contribution in [1.82, 2.24) is 4.98 Å². The van der Waals surface area contributed by atoms with E-state index in [0.717, 1.165) is 9.10 Å². The maximum absolute atomic E-state index is 11.7. The minimum Gasteiger partial charge on any atom is -0.462 e. The van der Waals surface area contributed by atoms with Crippen LogP contribution in [0.2, 0.25) is 0 Å². The van der Waals surface area contributed by atoms with Crippen molar-refractivity contribution in [2.75, 3.05) is 6.61 Å². The van der Waals surface area contributed by atoms with Crippen molar-refractivity contribution in [1.29, 1.82) is 0 Å². The van der Waals surface area contributed by atoms with Gasteiger partial charge >= 0.3 is 5.97 Å². The van der Waals surface area contributed by atoms with E-state index in [9.17, 15) is 4.79 Å². The average molecular weight is 265 g/mol. The van der Waals surface area contributed by atoms with Gasteiger partial charge in [-0.3, -0.25) is 4.98 Å². The van der Waals surface area contributed by atoms with Crippen LogP contribution in [0.1, 0.15) is 17.3 Å². The van der Waals surface area contributed by atoms with E-state index >= 15 is 0 Å². The number of carbonyl (C=O) groups is 1. The number of thiazole rings is 1. The monoisotopic (exact) mass is 265 g/mol. The summed E-state index contributed by atoms with van der Waals surface area (Å²) in [5, 5.41) is 0. The standard InChI is InChI=1S/C12H11NO2S2/c1-2-15-12(14)9-5-3-4-6-10(9)17-11-7-13-8-16-11/h3-8H,2H2,1H3. The molecule has 17 heavy (non-hydrogen) atoms. The molecule has 0 unspecified atom stereocenters. The van der Waals surface area contributed by atoms with Gasteiger partial charge in [0.2, 0.25) is 0 Å².